The molecule has 0 amide bonds. The number of aromatic nitrogens is 2. The SMILES string of the molecule is CC(C)c1nc2cc3c(cc2n1CCCC(=O)O)OCCO3. The summed E-state index contributed by atoms with van der Waals surface area (Å²) in [4.78, 5) is 15.4. The van der Waals surface area contributed by atoms with Gasteiger partial charge in [-0.15, -0.1) is 0 Å². The number of imidazole rings is 1. The Bertz CT molecular complexity index is 706. The first kappa shape index (κ1) is 14.7. The molecule has 0 spiro atoms. The molecule has 0 radical (unpaired) electrons. The van der Waals surface area contributed by atoms with E-state index in [1.54, 1.807) is 0 Å². The summed E-state index contributed by atoms with van der Waals surface area (Å²) in [6.07, 6.45) is 0.733. The molecule has 6 heteroatoms. The highest BCUT2D eigenvalue weighted by Crippen LogP contribution is 2.35. The topological polar surface area (TPSA) is 73.6 Å². The first-order valence-electron chi connectivity index (χ1n) is 7.58. The zero-order valence-corrected chi connectivity index (χ0v) is 12.8. The van der Waals surface area contributed by atoms with E-state index in [-0.39, 0.29) is 12.3 Å². The smallest absolute Gasteiger partial charge is 0.303 e. The molecule has 0 unspecified atom stereocenters. The van der Waals surface area contributed by atoms with Crippen LogP contribution in [0.25, 0.3) is 11.0 Å². The van der Waals surface area contributed by atoms with Crippen molar-refractivity contribution in [2.45, 2.75) is 39.2 Å². The summed E-state index contributed by atoms with van der Waals surface area (Å²) in [6, 6.07) is 3.85. The lowest BCUT2D eigenvalue weighted by atomic mass is 10.2. The highest BCUT2D eigenvalue weighted by Gasteiger charge is 2.19. The Morgan fingerprint density at radius 3 is 2.64 bits per heavy atom. The summed E-state index contributed by atoms with van der Waals surface area (Å²) in [5, 5.41) is 8.83. The number of nitrogens with zero attached hydrogens (tertiary/aromatic N) is 2. The zero-order chi connectivity index (χ0) is 15.7. The van der Waals surface area contributed by atoms with Gasteiger partial charge >= 0.3 is 5.97 Å². The molecule has 6 nitrogen and oxygen atoms in total. The molecular weight excluding hydrogens is 284 g/mol. The van der Waals surface area contributed by atoms with Gasteiger partial charge in [0.25, 0.3) is 0 Å². The lowest BCUT2D eigenvalue weighted by Crippen LogP contribution is -2.15. The number of carboxylic acids is 1. The second kappa shape index (κ2) is 5.87. The number of ether oxygens (including phenoxy) is 2. The minimum atomic E-state index is -0.773. The number of aliphatic carboxylic acids is 1. The summed E-state index contributed by atoms with van der Waals surface area (Å²) in [5.74, 6) is 1.90. The molecule has 1 aromatic heterocycles. The van der Waals surface area contributed by atoms with E-state index in [4.69, 9.17) is 19.6 Å². The molecule has 2 heterocycles. The first-order chi connectivity index (χ1) is 10.6. The summed E-state index contributed by atoms with van der Waals surface area (Å²) in [5.41, 5.74) is 1.83. The van der Waals surface area contributed by atoms with Crippen molar-refractivity contribution in [1.82, 2.24) is 9.55 Å². The van der Waals surface area contributed by atoms with E-state index in [2.05, 4.69) is 18.4 Å². The van der Waals surface area contributed by atoms with Gasteiger partial charge in [-0.05, 0) is 6.42 Å². The second-order valence-corrected chi connectivity index (χ2v) is 5.76. The van der Waals surface area contributed by atoms with Gasteiger partial charge in [-0.3, -0.25) is 4.79 Å². The molecule has 0 bridgehead atoms. The largest absolute Gasteiger partial charge is 0.486 e. The van der Waals surface area contributed by atoms with E-state index in [9.17, 15) is 4.79 Å². The Balaban J connectivity index is 2.02. The lowest BCUT2D eigenvalue weighted by molar-refractivity contribution is -0.137. The van der Waals surface area contributed by atoms with Crippen molar-refractivity contribution in [2.24, 2.45) is 0 Å². The molecule has 0 saturated heterocycles. The number of hydrogen-bond donors (Lipinski definition) is 1. The van der Waals surface area contributed by atoms with E-state index in [0.717, 1.165) is 28.4 Å². The Morgan fingerprint density at radius 2 is 2.00 bits per heavy atom. The molecule has 22 heavy (non-hydrogen) atoms. The first-order valence-corrected chi connectivity index (χ1v) is 7.58. The summed E-state index contributed by atoms with van der Waals surface area (Å²) in [7, 11) is 0. The molecule has 0 aliphatic carbocycles. The summed E-state index contributed by atoms with van der Waals surface area (Å²) in [6.45, 7) is 5.90. The number of fused-ring (bicyclic) bond motifs is 2. The standard InChI is InChI=1S/C16H20N2O4/c1-10(2)16-17-11-8-13-14(22-7-6-21-13)9-12(11)18(16)5-3-4-15(19)20/h8-10H,3-7H2,1-2H3,(H,19,20). The number of carbonyl (C=O) groups is 1. The van der Waals surface area contributed by atoms with Gasteiger partial charge in [-0.2, -0.15) is 0 Å². The minimum Gasteiger partial charge on any atom is -0.486 e. The predicted octanol–water partition coefficient (Wildman–Crippen LogP) is 2.80. The molecule has 0 saturated carbocycles. The normalized spacial score (nSPS) is 13.8. The number of rotatable bonds is 5. The van der Waals surface area contributed by atoms with Crippen LogP contribution in [-0.2, 0) is 11.3 Å². The molecule has 1 N–H and O–H groups in total. The molecule has 1 aliphatic heterocycles. The molecule has 1 aromatic carbocycles. The average molecular weight is 304 g/mol. The fourth-order valence-electron chi connectivity index (χ4n) is 2.74. The van der Waals surface area contributed by atoms with Crippen LogP contribution in [0.2, 0.25) is 0 Å². The summed E-state index contributed by atoms with van der Waals surface area (Å²) >= 11 is 0. The van der Waals surface area contributed by atoms with Crippen LogP contribution in [0.4, 0.5) is 0 Å². The number of benzene rings is 1. The van der Waals surface area contributed by atoms with Crippen LogP contribution < -0.4 is 9.47 Å². The Kier molecular flexibility index (Phi) is 3.92. The number of hydrogen-bond acceptors (Lipinski definition) is 4. The third-order valence-electron chi connectivity index (χ3n) is 3.73. The Morgan fingerprint density at radius 1 is 1.32 bits per heavy atom. The number of carboxylic acid groups (broad SMARTS) is 1. The third-order valence-corrected chi connectivity index (χ3v) is 3.73. The monoisotopic (exact) mass is 304 g/mol. The van der Waals surface area contributed by atoms with Crippen LogP contribution in [0.3, 0.4) is 0 Å². The fraction of sp³-hybridized carbons (Fsp3) is 0.500. The summed E-state index contributed by atoms with van der Waals surface area (Å²) < 4.78 is 13.3. The van der Waals surface area contributed by atoms with Gasteiger partial charge in [0.15, 0.2) is 11.5 Å². The van der Waals surface area contributed by atoms with Gasteiger partial charge in [0.1, 0.15) is 19.0 Å². The van der Waals surface area contributed by atoms with Crippen molar-refractivity contribution in [3.63, 3.8) is 0 Å². The van der Waals surface area contributed by atoms with Gasteiger partial charge in [0.05, 0.1) is 11.0 Å². The van der Waals surface area contributed by atoms with E-state index in [1.807, 2.05) is 12.1 Å². The van der Waals surface area contributed by atoms with Crippen molar-refractivity contribution in [2.75, 3.05) is 13.2 Å². The molecule has 118 valence electrons. The minimum absolute atomic E-state index is 0.155. The van der Waals surface area contributed by atoms with E-state index in [1.165, 1.54) is 0 Å². The van der Waals surface area contributed by atoms with Crippen LogP contribution in [0, 0.1) is 0 Å². The van der Waals surface area contributed by atoms with Crippen molar-refractivity contribution < 1.29 is 19.4 Å². The zero-order valence-electron chi connectivity index (χ0n) is 12.8. The highest BCUT2D eigenvalue weighted by molar-refractivity contribution is 5.81. The van der Waals surface area contributed by atoms with E-state index >= 15 is 0 Å². The van der Waals surface area contributed by atoms with Crippen LogP contribution in [0.5, 0.6) is 11.5 Å². The second-order valence-electron chi connectivity index (χ2n) is 5.76. The van der Waals surface area contributed by atoms with Crippen LogP contribution in [0.15, 0.2) is 12.1 Å². The maximum Gasteiger partial charge on any atom is 0.303 e. The predicted molar refractivity (Wildman–Crippen MR) is 81.7 cm³/mol. The molecular formula is C16H20N2O4. The van der Waals surface area contributed by atoms with Gasteiger partial charge in [-0.1, -0.05) is 13.8 Å². The average Bonchev–Trinajstić information content (AvgIpc) is 2.83. The van der Waals surface area contributed by atoms with Crippen molar-refractivity contribution in [3.05, 3.63) is 18.0 Å². The van der Waals surface area contributed by atoms with Crippen molar-refractivity contribution in [3.8, 4) is 11.5 Å². The van der Waals surface area contributed by atoms with Gasteiger partial charge < -0.3 is 19.1 Å². The quantitative estimate of drug-likeness (QED) is 0.919. The van der Waals surface area contributed by atoms with Crippen molar-refractivity contribution >= 4 is 17.0 Å². The van der Waals surface area contributed by atoms with Crippen LogP contribution in [-0.4, -0.2) is 33.8 Å². The van der Waals surface area contributed by atoms with Gasteiger partial charge in [0, 0.05) is 31.0 Å². The maximum atomic E-state index is 10.7. The van der Waals surface area contributed by atoms with Crippen LogP contribution in [0.1, 0.15) is 38.4 Å². The molecule has 2 aromatic rings. The molecule has 0 fully saturated rings. The lowest BCUT2D eigenvalue weighted by Gasteiger charge is -2.18. The molecule has 0 atom stereocenters. The van der Waals surface area contributed by atoms with Gasteiger partial charge in [-0.25, -0.2) is 4.98 Å². The Hall–Kier alpha value is -2.24. The Labute approximate surface area is 128 Å². The number of aryl methyl sites for hydroxylation is 1. The fourth-order valence-corrected chi connectivity index (χ4v) is 2.74. The van der Waals surface area contributed by atoms with E-state index in [0.29, 0.717) is 26.2 Å². The van der Waals surface area contributed by atoms with E-state index < -0.39 is 5.97 Å². The van der Waals surface area contributed by atoms with Gasteiger partial charge in [0.2, 0.25) is 0 Å². The molecule has 1 aliphatic rings. The maximum absolute atomic E-state index is 10.7. The highest BCUT2D eigenvalue weighted by atomic mass is 16.6. The van der Waals surface area contributed by atoms with Crippen molar-refractivity contribution in [1.29, 1.82) is 0 Å². The van der Waals surface area contributed by atoms with Crippen LogP contribution >= 0.6 is 0 Å². The third kappa shape index (κ3) is 2.73. The molecule has 3 rings (SSSR count).